The summed E-state index contributed by atoms with van der Waals surface area (Å²) in [4.78, 5) is 38.9. The van der Waals surface area contributed by atoms with Gasteiger partial charge >= 0.3 is 5.97 Å². The molecule has 0 heterocycles. The molecule has 0 unspecified atom stereocenters. The van der Waals surface area contributed by atoms with Crippen LogP contribution in [0.15, 0.2) is 55.6 Å². The molecule has 1 fully saturated rings. The van der Waals surface area contributed by atoms with Gasteiger partial charge in [-0.25, -0.2) is 0 Å². The van der Waals surface area contributed by atoms with Crippen LogP contribution < -0.4 is 10.6 Å². The molecule has 3 atom stereocenters. The average molecular weight is 557 g/mol. The quantitative estimate of drug-likeness (QED) is 0.126. The molecule has 1 aromatic rings. The highest BCUT2D eigenvalue weighted by Crippen LogP contribution is 2.28. The highest BCUT2D eigenvalue weighted by Gasteiger charge is 2.27. The van der Waals surface area contributed by atoms with Crippen LogP contribution in [0.2, 0.25) is 0 Å². The number of amides is 2. The first-order valence-corrected chi connectivity index (χ1v) is 14.6. The molecule has 1 aliphatic rings. The standard InChI is InChI=1S/C32H48N2O6/c1-3-11-27(23-30(36)33-17-19-39-20-18-35)31(37)34-29(22-26-15-9-6-10-16-26)24-40-32(38)28(12-4-2)21-25-13-7-5-8-14-25/h3-5,7-8,13-14,26-29,35H,1-2,6,9-12,15-24H2,(H,33,36)(H,34,37)/t27-,28-,29+/m1/s1. The zero-order valence-electron chi connectivity index (χ0n) is 23.9. The highest BCUT2D eigenvalue weighted by atomic mass is 16.5. The van der Waals surface area contributed by atoms with Crippen LogP contribution in [0.4, 0.5) is 0 Å². The van der Waals surface area contributed by atoms with E-state index in [1.165, 1.54) is 19.3 Å². The van der Waals surface area contributed by atoms with E-state index in [1.807, 2.05) is 30.3 Å². The summed E-state index contributed by atoms with van der Waals surface area (Å²) in [5, 5.41) is 14.6. The van der Waals surface area contributed by atoms with E-state index in [2.05, 4.69) is 23.8 Å². The predicted molar refractivity (Wildman–Crippen MR) is 156 cm³/mol. The van der Waals surface area contributed by atoms with Crippen molar-refractivity contribution >= 4 is 17.8 Å². The van der Waals surface area contributed by atoms with E-state index in [-0.39, 0.29) is 62.6 Å². The van der Waals surface area contributed by atoms with E-state index in [1.54, 1.807) is 12.2 Å². The fraction of sp³-hybridized carbons (Fsp3) is 0.594. The number of allylic oxidation sites excluding steroid dienone is 2. The van der Waals surface area contributed by atoms with Crippen molar-refractivity contribution in [3.05, 3.63) is 61.2 Å². The van der Waals surface area contributed by atoms with E-state index in [4.69, 9.17) is 14.6 Å². The molecule has 8 heteroatoms. The molecule has 2 rings (SSSR count). The van der Waals surface area contributed by atoms with Crippen LogP contribution in [0.25, 0.3) is 0 Å². The third-order valence-electron chi connectivity index (χ3n) is 7.28. The maximum atomic E-state index is 13.3. The van der Waals surface area contributed by atoms with E-state index in [9.17, 15) is 14.4 Å². The summed E-state index contributed by atoms with van der Waals surface area (Å²) in [7, 11) is 0. The lowest BCUT2D eigenvalue weighted by Crippen LogP contribution is -2.44. The second kappa shape index (κ2) is 20.0. The number of ether oxygens (including phenoxy) is 2. The van der Waals surface area contributed by atoms with Gasteiger partial charge in [0.25, 0.3) is 0 Å². The zero-order chi connectivity index (χ0) is 29.0. The number of nitrogens with one attached hydrogen (secondary N) is 2. The maximum Gasteiger partial charge on any atom is 0.309 e. The van der Waals surface area contributed by atoms with Crippen molar-refractivity contribution in [3.8, 4) is 0 Å². The van der Waals surface area contributed by atoms with Crippen molar-refractivity contribution in [1.82, 2.24) is 10.6 Å². The molecule has 0 saturated heterocycles. The van der Waals surface area contributed by atoms with Crippen LogP contribution in [0.1, 0.15) is 63.4 Å². The second-order valence-electron chi connectivity index (χ2n) is 10.6. The Bertz CT molecular complexity index is 900. The van der Waals surface area contributed by atoms with Gasteiger partial charge in [-0.05, 0) is 37.2 Å². The number of hydrogen-bond donors (Lipinski definition) is 3. The molecule has 222 valence electrons. The van der Waals surface area contributed by atoms with Crippen molar-refractivity contribution < 1.29 is 29.0 Å². The maximum absolute atomic E-state index is 13.3. The number of carbonyl (C=O) groups excluding carboxylic acids is 3. The summed E-state index contributed by atoms with van der Waals surface area (Å²) in [6.07, 6.45) is 11.3. The summed E-state index contributed by atoms with van der Waals surface area (Å²) < 4.78 is 11.0. The molecule has 1 aliphatic carbocycles. The number of hydrogen-bond acceptors (Lipinski definition) is 6. The predicted octanol–water partition coefficient (Wildman–Crippen LogP) is 4.13. The monoisotopic (exact) mass is 556 g/mol. The first-order valence-electron chi connectivity index (χ1n) is 14.6. The van der Waals surface area contributed by atoms with Crippen LogP contribution in [-0.4, -0.2) is 61.9 Å². The van der Waals surface area contributed by atoms with Crippen molar-refractivity contribution in [2.45, 2.75) is 70.3 Å². The average Bonchev–Trinajstić information content (AvgIpc) is 2.96. The van der Waals surface area contributed by atoms with E-state index in [0.29, 0.717) is 31.7 Å². The molecule has 0 aromatic heterocycles. The van der Waals surface area contributed by atoms with Gasteiger partial charge in [0, 0.05) is 13.0 Å². The molecule has 8 nitrogen and oxygen atoms in total. The molecule has 0 aliphatic heterocycles. The Kier molecular flexibility index (Phi) is 16.6. The van der Waals surface area contributed by atoms with Crippen molar-refractivity contribution in [2.24, 2.45) is 17.8 Å². The lowest BCUT2D eigenvalue weighted by Gasteiger charge is -2.28. The minimum absolute atomic E-state index is 0.0201. The summed E-state index contributed by atoms with van der Waals surface area (Å²) in [6, 6.07) is 9.50. The van der Waals surface area contributed by atoms with E-state index in [0.717, 1.165) is 24.8 Å². The Morgan fingerprint density at radius 1 is 1.00 bits per heavy atom. The number of rotatable bonds is 20. The highest BCUT2D eigenvalue weighted by molar-refractivity contribution is 5.86. The van der Waals surface area contributed by atoms with Crippen molar-refractivity contribution in [3.63, 3.8) is 0 Å². The molecule has 0 radical (unpaired) electrons. The smallest absolute Gasteiger partial charge is 0.309 e. The number of esters is 1. The minimum Gasteiger partial charge on any atom is -0.463 e. The molecule has 1 saturated carbocycles. The van der Waals surface area contributed by atoms with Crippen LogP contribution in [0.3, 0.4) is 0 Å². The Labute approximate surface area is 239 Å². The topological polar surface area (TPSA) is 114 Å². The second-order valence-corrected chi connectivity index (χ2v) is 10.6. The normalized spacial score (nSPS) is 15.8. The van der Waals surface area contributed by atoms with Crippen molar-refractivity contribution in [1.29, 1.82) is 0 Å². The van der Waals surface area contributed by atoms with Gasteiger partial charge < -0.3 is 25.2 Å². The third kappa shape index (κ3) is 13.4. The first-order chi connectivity index (χ1) is 19.5. The van der Waals surface area contributed by atoms with Gasteiger partial charge in [0.05, 0.1) is 37.7 Å². The number of carbonyl (C=O) groups is 3. The van der Waals surface area contributed by atoms with Crippen LogP contribution in [0, 0.1) is 17.8 Å². The Hall–Kier alpha value is -2.97. The first kappa shape index (κ1) is 33.2. The van der Waals surface area contributed by atoms with Gasteiger partial charge in [0.2, 0.25) is 11.8 Å². The molecule has 1 aromatic carbocycles. The Morgan fingerprint density at radius 3 is 2.38 bits per heavy atom. The SMILES string of the molecule is C=CC[C@H](CC(=O)NCCOCCO)C(=O)N[C@H](COC(=O)[C@H](CC=C)Cc1ccccc1)CC1CCCCC1. The number of benzene rings is 1. The molecule has 40 heavy (non-hydrogen) atoms. The number of aliphatic hydroxyl groups is 1. The molecule has 0 spiro atoms. The summed E-state index contributed by atoms with van der Waals surface area (Å²) in [5.74, 6) is -1.24. The molecule has 2 amide bonds. The van der Waals surface area contributed by atoms with Crippen LogP contribution in [0.5, 0.6) is 0 Å². The molecule has 3 N–H and O–H groups in total. The van der Waals surface area contributed by atoms with Crippen LogP contribution in [-0.2, 0) is 30.3 Å². The summed E-state index contributed by atoms with van der Waals surface area (Å²) in [5.41, 5.74) is 1.06. The lowest BCUT2D eigenvalue weighted by atomic mass is 9.84. The van der Waals surface area contributed by atoms with Crippen molar-refractivity contribution in [2.75, 3.05) is 33.0 Å². The Morgan fingerprint density at radius 2 is 1.70 bits per heavy atom. The van der Waals surface area contributed by atoms with Gasteiger partial charge in [-0.2, -0.15) is 0 Å². The van der Waals surface area contributed by atoms with Gasteiger partial charge in [0.15, 0.2) is 0 Å². The lowest BCUT2D eigenvalue weighted by molar-refractivity contribution is -0.150. The fourth-order valence-electron chi connectivity index (χ4n) is 5.19. The summed E-state index contributed by atoms with van der Waals surface area (Å²) >= 11 is 0. The zero-order valence-corrected chi connectivity index (χ0v) is 23.9. The minimum atomic E-state index is -0.577. The molecule has 0 bridgehead atoms. The van der Waals surface area contributed by atoms with Gasteiger partial charge in [-0.15, -0.1) is 13.2 Å². The van der Waals surface area contributed by atoms with E-state index >= 15 is 0 Å². The van der Waals surface area contributed by atoms with Gasteiger partial charge in [-0.3, -0.25) is 14.4 Å². The Balaban J connectivity index is 2.00. The fourth-order valence-corrected chi connectivity index (χ4v) is 5.19. The summed E-state index contributed by atoms with van der Waals surface area (Å²) in [6.45, 7) is 8.39. The largest absolute Gasteiger partial charge is 0.463 e. The molecular weight excluding hydrogens is 508 g/mol. The van der Waals surface area contributed by atoms with E-state index < -0.39 is 5.92 Å². The van der Waals surface area contributed by atoms with Crippen LogP contribution >= 0.6 is 0 Å². The third-order valence-corrected chi connectivity index (χ3v) is 7.28. The van der Waals surface area contributed by atoms with Gasteiger partial charge in [-0.1, -0.05) is 74.6 Å². The number of aliphatic hydroxyl groups excluding tert-OH is 1. The molecular formula is C32H48N2O6. The van der Waals surface area contributed by atoms with Gasteiger partial charge in [0.1, 0.15) is 6.61 Å².